The van der Waals surface area contributed by atoms with Gasteiger partial charge in [-0.2, -0.15) is 0 Å². The topological polar surface area (TPSA) is 30.5 Å². The van der Waals surface area contributed by atoms with Crippen LogP contribution in [0.2, 0.25) is 0 Å². The molecule has 1 atom stereocenters. The van der Waals surface area contributed by atoms with Gasteiger partial charge in [0, 0.05) is 15.8 Å². The molecule has 3 nitrogen and oxygen atoms in total. The predicted octanol–water partition coefficient (Wildman–Crippen LogP) is 3.21. The molecule has 0 spiro atoms. The van der Waals surface area contributed by atoms with Crippen LogP contribution in [0.25, 0.3) is 0 Å². The van der Waals surface area contributed by atoms with E-state index < -0.39 is 0 Å². The lowest BCUT2D eigenvalue weighted by Gasteiger charge is -2.18. The first-order valence-electron chi connectivity index (χ1n) is 5.82. The van der Waals surface area contributed by atoms with Gasteiger partial charge in [-0.05, 0) is 31.3 Å². The molecule has 2 aromatic rings. The van der Waals surface area contributed by atoms with Crippen molar-refractivity contribution in [1.82, 2.24) is 5.32 Å². The summed E-state index contributed by atoms with van der Waals surface area (Å²) in [6.45, 7) is 0. The number of hydrogen-bond donors (Lipinski definition) is 1. The van der Waals surface area contributed by atoms with Crippen LogP contribution in [0.15, 0.2) is 29.6 Å². The fourth-order valence-electron chi connectivity index (χ4n) is 1.97. The second-order valence-electron chi connectivity index (χ2n) is 4.00. The Bertz CT molecular complexity index is 556. The molecule has 0 aliphatic rings. The van der Waals surface area contributed by atoms with Gasteiger partial charge in [-0.3, -0.25) is 0 Å². The Morgan fingerprint density at radius 1 is 1.21 bits per heavy atom. The molecule has 0 saturated carbocycles. The molecule has 1 unspecified atom stereocenters. The molecule has 2 rings (SSSR count). The molecule has 0 amide bonds. The van der Waals surface area contributed by atoms with Gasteiger partial charge in [-0.1, -0.05) is 0 Å². The van der Waals surface area contributed by atoms with Crippen molar-refractivity contribution in [3.05, 3.63) is 45.9 Å². The summed E-state index contributed by atoms with van der Waals surface area (Å²) in [7, 11) is 5.04. The summed E-state index contributed by atoms with van der Waals surface area (Å²) in [4.78, 5) is 1.04. The van der Waals surface area contributed by atoms with Gasteiger partial charge in [0.2, 0.25) is 0 Å². The monoisotopic (exact) mass is 281 g/mol. The normalized spacial score (nSPS) is 12.2. The van der Waals surface area contributed by atoms with Gasteiger partial charge in [0.25, 0.3) is 0 Å². The first kappa shape index (κ1) is 13.8. The van der Waals surface area contributed by atoms with Gasteiger partial charge in [0.15, 0.2) is 0 Å². The molecule has 1 aromatic carbocycles. The number of halogens is 1. The van der Waals surface area contributed by atoms with Crippen molar-refractivity contribution in [1.29, 1.82) is 0 Å². The third-order valence-electron chi connectivity index (χ3n) is 2.91. The van der Waals surface area contributed by atoms with E-state index in [2.05, 4.69) is 5.32 Å². The summed E-state index contributed by atoms with van der Waals surface area (Å²) >= 11 is 1.56. The fourth-order valence-corrected chi connectivity index (χ4v) is 2.96. The molecule has 1 heterocycles. The molecule has 0 aliphatic carbocycles. The highest BCUT2D eigenvalue weighted by Crippen LogP contribution is 2.35. The zero-order chi connectivity index (χ0) is 13.8. The second kappa shape index (κ2) is 6.04. The minimum atomic E-state index is -0.278. The molecule has 1 N–H and O–H groups in total. The standard InChI is InChI=1S/C14H16FNO2S/c1-16-14(13-7-10(17-2)8-19-13)11-6-9(15)4-5-12(11)18-3/h4-8,14,16H,1-3H3. The van der Waals surface area contributed by atoms with E-state index in [-0.39, 0.29) is 11.9 Å². The van der Waals surface area contributed by atoms with E-state index >= 15 is 0 Å². The van der Waals surface area contributed by atoms with Crippen LogP contribution in [0.1, 0.15) is 16.5 Å². The molecular weight excluding hydrogens is 265 g/mol. The first-order valence-corrected chi connectivity index (χ1v) is 6.70. The van der Waals surface area contributed by atoms with Crippen LogP contribution < -0.4 is 14.8 Å². The largest absolute Gasteiger partial charge is 0.496 e. The highest BCUT2D eigenvalue weighted by Gasteiger charge is 2.19. The number of methoxy groups -OCH3 is 2. The highest BCUT2D eigenvalue weighted by molar-refractivity contribution is 7.10. The Hall–Kier alpha value is -1.59. The molecule has 102 valence electrons. The maximum Gasteiger partial charge on any atom is 0.129 e. The van der Waals surface area contributed by atoms with Gasteiger partial charge in [-0.15, -0.1) is 11.3 Å². The molecule has 0 aliphatic heterocycles. The Labute approximate surface area is 116 Å². The van der Waals surface area contributed by atoms with E-state index in [4.69, 9.17) is 9.47 Å². The maximum atomic E-state index is 13.5. The second-order valence-corrected chi connectivity index (χ2v) is 4.94. The SMILES string of the molecule is CNC(c1cc(OC)cs1)c1cc(F)ccc1OC. The van der Waals surface area contributed by atoms with Crippen LogP contribution >= 0.6 is 11.3 Å². The molecule has 0 fully saturated rings. The summed E-state index contributed by atoms with van der Waals surface area (Å²) < 4.78 is 24.0. The average molecular weight is 281 g/mol. The summed E-state index contributed by atoms with van der Waals surface area (Å²) in [5.41, 5.74) is 0.773. The van der Waals surface area contributed by atoms with E-state index in [0.717, 1.165) is 16.2 Å². The van der Waals surface area contributed by atoms with E-state index in [1.807, 2.05) is 18.5 Å². The Kier molecular flexibility index (Phi) is 4.39. The number of benzene rings is 1. The lowest BCUT2D eigenvalue weighted by atomic mass is 10.0. The van der Waals surface area contributed by atoms with Crippen LogP contribution in [0, 0.1) is 5.82 Å². The predicted molar refractivity (Wildman–Crippen MR) is 74.7 cm³/mol. The van der Waals surface area contributed by atoms with Crippen molar-refractivity contribution in [3.63, 3.8) is 0 Å². The van der Waals surface area contributed by atoms with Crippen LogP contribution in [-0.4, -0.2) is 21.3 Å². The minimum absolute atomic E-state index is 0.125. The molecule has 1 aromatic heterocycles. The van der Waals surface area contributed by atoms with Crippen molar-refractivity contribution < 1.29 is 13.9 Å². The van der Waals surface area contributed by atoms with Crippen LogP contribution in [0.5, 0.6) is 11.5 Å². The highest BCUT2D eigenvalue weighted by atomic mass is 32.1. The van der Waals surface area contributed by atoms with Crippen molar-refractivity contribution in [2.45, 2.75) is 6.04 Å². The van der Waals surface area contributed by atoms with E-state index in [0.29, 0.717) is 5.75 Å². The molecule has 0 saturated heterocycles. The Morgan fingerprint density at radius 3 is 2.58 bits per heavy atom. The van der Waals surface area contributed by atoms with E-state index in [9.17, 15) is 4.39 Å². The number of nitrogens with one attached hydrogen (secondary N) is 1. The van der Waals surface area contributed by atoms with Crippen molar-refractivity contribution in [2.75, 3.05) is 21.3 Å². The third-order valence-corrected chi connectivity index (χ3v) is 3.88. The lowest BCUT2D eigenvalue weighted by Crippen LogP contribution is -2.17. The van der Waals surface area contributed by atoms with Gasteiger partial charge in [-0.25, -0.2) is 4.39 Å². The molecule has 0 radical (unpaired) electrons. The Morgan fingerprint density at radius 2 is 2.00 bits per heavy atom. The number of thiophene rings is 1. The van der Waals surface area contributed by atoms with Crippen molar-refractivity contribution in [2.24, 2.45) is 0 Å². The third kappa shape index (κ3) is 2.88. The molecule has 19 heavy (non-hydrogen) atoms. The number of rotatable bonds is 5. The number of hydrogen-bond acceptors (Lipinski definition) is 4. The summed E-state index contributed by atoms with van der Waals surface area (Å²) in [6.07, 6.45) is 0. The zero-order valence-corrected chi connectivity index (χ0v) is 11.9. The van der Waals surface area contributed by atoms with Crippen LogP contribution in [0.4, 0.5) is 4.39 Å². The van der Waals surface area contributed by atoms with Crippen LogP contribution in [-0.2, 0) is 0 Å². The fraction of sp³-hybridized carbons (Fsp3) is 0.286. The van der Waals surface area contributed by atoms with Gasteiger partial charge in [0.05, 0.1) is 20.3 Å². The average Bonchev–Trinajstić information content (AvgIpc) is 2.89. The first-order chi connectivity index (χ1) is 9.19. The summed E-state index contributed by atoms with van der Waals surface area (Å²) in [5.74, 6) is 1.18. The van der Waals surface area contributed by atoms with Gasteiger partial charge < -0.3 is 14.8 Å². The van der Waals surface area contributed by atoms with E-state index in [1.165, 1.54) is 12.1 Å². The zero-order valence-electron chi connectivity index (χ0n) is 11.1. The smallest absolute Gasteiger partial charge is 0.129 e. The van der Waals surface area contributed by atoms with Gasteiger partial charge in [0.1, 0.15) is 17.3 Å². The Balaban J connectivity index is 2.43. The van der Waals surface area contributed by atoms with Crippen LogP contribution in [0.3, 0.4) is 0 Å². The molecule has 5 heteroatoms. The summed E-state index contributed by atoms with van der Waals surface area (Å²) in [5, 5.41) is 5.10. The van der Waals surface area contributed by atoms with Crippen molar-refractivity contribution in [3.8, 4) is 11.5 Å². The molecular formula is C14H16FNO2S. The minimum Gasteiger partial charge on any atom is -0.496 e. The van der Waals surface area contributed by atoms with Gasteiger partial charge >= 0.3 is 0 Å². The summed E-state index contributed by atoms with van der Waals surface area (Å²) in [6, 6.07) is 6.34. The van der Waals surface area contributed by atoms with Crippen molar-refractivity contribution >= 4 is 11.3 Å². The number of ether oxygens (including phenoxy) is 2. The molecule has 0 bridgehead atoms. The quantitative estimate of drug-likeness (QED) is 0.913. The maximum absolute atomic E-state index is 13.5. The van der Waals surface area contributed by atoms with E-state index in [1.54, 1.807) is 31.6 Å². The lowest BCUT2D eigenvalue weighted by molar-refractivity contribution is 0.403.